The minimum absolute atomic E-state index is 0.0594. The number of thiazole rings is 1. The van der Waals surface area contributed by atoms with Crippen LogP contribution in [0.4, 0.5) is 9.18 Å². The predicted molar refractivity (Wildman–Crippen MR) is 88.9 cm³/mol. The second-order valence-electron chi connectivity index (χ2n) is 5.82. The van der Waals surface area contributed by atoms with Crippen LogP contribution in [0.5, 0.6) is 0 Å². The van der Waals surface area contributed by atoms with E-state index in [1.807, 2.05) is 19.2 Å². The fourth-order valence-corrected chi connectivity index (χ4v) is 3.74. The Morgan fingerprint density at radius 2 is 2.30 bits per heavy atom. The average Bonchev–Trinajstić information content (AvgIpc) is 2.98. The van der Waals surface area contributed by atoms with Crippen LogP contribution in [-0.4, -0.2) is 22.5 Å². The first-order valence-corrected chi connectivity index (χ1v) is 8.69. The van der Waals surface area contributed by atoms with Crippen LogP contribution in [0.3, 0.4) is 0 Å². The number of carbonyl (C=O) groups excluding carboxylic acids is 1. The van der Waals surface area contributed by atoms with Gasteiger partial charge in [-0.3, -0.25) is 0 Å². The van der Waals surface area contributed by atoms with E-state index in [0.717, 1.165) is 28.2 Å². The average molecular weight is 333 g/mol. The maximum absolute atomic E-state index is 13.3. The number of amides is 2. The lowest BCUT2D eigenvalue weighted by molar-refractivity contribution is 0.188. The van der Waals surface area contributed by atoms with Crippen molar-refractivity contribution in [1.29, 1.82) is 0 Å². The maximum atomic E-state index is 13.3. The highest BCUT2D eigenvalue weighted by Crippen LogP contribution is 2.23. The van der Waals surface area contributed by atoms with Gasteiger partial charge in [-0.05, 0) is 43.0 Å². The minimum atomic E-state index is -0.216. The molecule has 122 valence electrons. The number of aromatic nitrogens is 1. The summed E-state index contributed by atoms with van der Waals surface area (Å²) >= 11 is 1.58. The Kier molecular flexibility index (Phi) is 4.61. The SMILES string of the molecule is CCC(NC(=O)N1CCc2cc(F)ccc2C1)c1nc(C)cs1. The summed E-state index contributed by atoms with van der Waals surface area (Å²) in [5.74, 6) is -0.216. The van der Waals surface area contributed by atoms with Crippen molar-refractivity contribution in [3.05, 3.63) is 51.2 Å². The highest BCUT2D eigenvalue weighted by atomic mass is 32.1. The van der Waals surface area contributed by atoms with Crippen LogP contribution in [0, 0.1) is 12.7 Å². The number of benzene rings is 1. The topological polar surface area (TPSA) is 45.2 Å². The van der Waals surface area contributed by atoms with Gasteiger partial charge in [0.05, 0.1) is 6.04 Å². The molecule has 0 saturated carbocycles. The van der Waals surface area contributed by atoms with Crippen molar-refractivity contribution in [3.63, 3.8) is 0 Å². The van der Waals surface area contributed by atoms with Crippen molar-refractivity contribution in [2.75, 3.05) is 6.54 Å². The lowest BCUT2D eigenvalue weighted by Crippen LogP contribution is -2.44. The molecule has 0 saturated heterocycles. The molecule has 1 N–H and O–H groups in total. The second kappa shape index (κ2) is 6.66. The van der Waals surface area contributed by atoms with Gasteiger partial charge < -0.3 is 10.2 Å². The van der Waals surface area contributed by atoms with Crippen LogP contribution in [0.25, 0.3) is 0 Å². The zero-order chi connectivity index (χ0) is 16.4. The van der Waals surface area contributed by atoms with Crippen molar-refractivity contribution in [3.8, 4) is 0 Å². The molecule has 6 heteroatoms. The molecule has 1 aliphatic rings. The molecule has 0 radical (unpaired) electrons. The molecular formula is C17H20FN3OS. The fraction of sp³-hybridized carbons (Fsp3) is 0.412. The van der Waals surface area contributed by atoms with E-state index in [1.165, 1.54) is 6.07 Å². The molecule has 1 unspecified atom stereocenters. The zero-order valence-electron chi connectivity index (χ0n) is 13.3. The van der Waals surface area contributed by atoms with Gasteiger partial charge in [0, 0.05) is 24.2 Å². The molecule has 0 spiro atoms. The second-order valence-corrected chi connectivity index (χ2v) is 6.71. The molecule has 0 fully saturated rings. The Morgan fingerprint density at radius 1 is 1.48 bits per heavy atom. The Hall–Kier alpha value is -1.95. The molecule has 3 rings (SSSR count). The van der Waals surface area contributed by atoms with E-state index in [0.29, 0.717) is 19.5 Å². The minimum Gasteiger partial charge on any atom is -0.329 e. The summed E-state index contributed by atoms with van der Waals surface area (Å²) in [7, 11) is 0. The standard InChI is InChI=1S/C17H20FN3OS/c1-3-15(16-19-11(2)10-23-16)20-17(22)21-7-6-12-8-14(18)5-4-13(12)9-21/h4-5,8,10,15H,3,6-7,9H2,1-2H3,(H,20,22). The molecular weight excluding hydrogens is 313 g/mol. The first kappa shape index (κ1) is 15.9. The van der Waals surface area contributed by atoms with Crippen LogP contribution in [0.1, 0.15) is 41.2 Å². The van der Waals surface area contributed by atoms with Gasteiger partial charge in [0.1, 0.15) is 10.8 Å². The Morgan fingerprint density at radius 3 is 3.00 bits per heavy atom. The van der Waals surface area contributed by atoms with E-state index in [9.17, 15) is 9.18 Å². The van der Waals surface area contributed by atoms with Crippen LogP contribution < -0.4 is 5.32 Å². The molecule has 1 aromatic heterocycles. The van der Waals surface area contributed by atoms with E-state index in [4.69, 9.17) is 0 Å². The molecule has 1 aliphatic heterocycles. The number of carbonyl (C=O) groups is 1. The molecule has 0 bridgehead atoms. The summed E-state index contributed by atoms with van der Waals surface area (Å²) in [6, 6.07) is 4.65. The molecule has 2 amide bonds. The summed E-state index contributed by atoms with van der Waals surface area (Å²) in [5.41, 5.74) is 2.99. The number of aryl methyl sites for hydroxylation is 1. The number of nitrogens with one attached hydrogen (secondary N) is 1. The van der Waals surface area contributed by atoms with Crippen LogP contribution in [-0.2, 0) is 13.0 Å². The molecule has 1 aromatic carbocycles. The van der Waals surface area contributed by atoms with Crippen LogP contribution in [0.15, 0.2) is 23.6 Å². The highest BCUT2D eigenvalue weighted by molar-refractivity contribution is 7.09. The smallest absolute Gasteiger partial charge is 0.318 e. The number of nitrogens with zero attached hydrogens (tertiary/aromatic N) is 2. The Labute approximate surface area is 139 Å². The first-order valence-electron chi connectivity index (χ1n) is 7.81. The van der Waals surface area contributed by atoms with E-state index >= 15 is 0 Å². The zero-order valence-corrected chi connectivity index (χ0v) is 14.1. The highest BCUT2D eigenvalue weighted by Gasteiger charge is 2.24. The van der Waals surface area contributed by atoms with Crippen LogP contribution in [0.2, 0.25) is 0 Å². The van der Waals surface area contributed by atoms with Gasteiger partial charge in [0.2, 0.25) is 0 Å². The fourth-order valence-electron chi connectivity index (χ4n) is 2.81. The van der Waals surface area contributed by atoms with Crippen molar-refractivity contribution in [2.45, 2.75) is 39.3 Å². The number of urea groups is 1. The van der Waals surface area contributed by atoms with Gasteiger partial charge in [-0.1, -0.05) is 13.0 Å². The largest absolute Gasteiger partial charge is 0.329 e. The van der Waals surface area contributed by atoms with Crippen molar-refractivity contribution in [2.24, 2.45) is 0 Å². The third-order valence-corrected chi connectivity index (χ3v) is 5.18. The van der Waals surface area contributed by atoms with Gasteiger partial charge in [0.15, 0.2) is 0 Å². The Bertz CT molecular complexity index is 716. The summed E-state index contributed by atoms with van der Waals surface area (Å²) in [5, 5.41) is 6.01. The summed E-state index contributed by atoms with van der Waals surface area (Å²) in [6.45, 7) is 5.12. The molecule has 1 atom stereocenters. The van der Waals surface area contributed by atoms with E-state index in [1.54, 1.807) is 28.4 Å². The maximum Gasteiger partial charge on any atom is 0.318 e. The van der Waals surface area contributed by atoms with Crippen molar-refractivity contribution < 1.29 is 9.18 Å². The van der Waals surface area contributed by atoms with Gasteiger partial charge in [-0.25, -0.2) is 14.2 Å². The summed E-state index contributed by atoms with van der Waals surface area (Å²) in [4.78, 5) is 18.8. The molecule has 2 heterocycles. The monoisotopic (exact) mass is 333 g/mol. The number of fused-ring (bicyclic) bond motifs is 1. The van der Waals surface area contributed by atoms with E-state index < -0.39 is 0 Å². The van der Waals surface area contributed by atoms with Crippen molar-refractivity contribution >= 4 is 17.4 Å². The van der Waals surface area contributed by atoms with E-state index in [-0.39, 0.29) is 17.9 Å². The number of rotatable bonds is 3. The lowest BCUT2D eigenvalue weighted by atomic mass is 10.00. The third kappa shape index (κ3) is 3.52. The molecule has 4 nitrogen and oxygen atoms in total. The third-order valence-electron chi connectivity index (χ3n) is 4.11. The molecule has 23 heavy (non-hydrogen) atoms. The number of hydrogen-bond donors (Lipinski definition) is 1. The van der Waals surface area contributed by atoms with Gasteiger partial charge in [0.25, 0.3) is 0 Å². The van der Waals surface area contributed by atoms with Gasteiger partial charge in [-0.2, -0.15) is 0 Å². The predicted octanol–water partition coefficient (Wildman–Crippen LogP) is 3.81. The van der Waals surface area contributed by atoms with Crippen LogP contribution >= 0.6 is 11.3 Å². The summed E-state index contributed by atoms with van der Waals surface area (Å²) in [6.07, 6.45) is 1.49. The lowest BCUT2D eigenvalue weighted by Gasteiger charge is -2.30. The molecule has 0 aliphatic carbocycles. The number of hydrogen-bond acceptors (Lipinski definition) is 3. The normalized spacial score (nSPS) is 15.2. The Balaban J connectivity index is 1.68. The quantitative estimate of drug-likeness (QED) is 0.928. The van der Waals surface area contributed by atoms with Gasteiger partial charge >= 0.3 is 6.03 Å². The first-order chi connectivity index (χ1) is 11.1. The van der Waals surface area contributed by atoms with Crippen molar-refractivity contribution in [1.82, 2.24) is 15.2 Å². The van der Waals surface area contributed by atoms with E-state index in [2.05, 4.69) is 10.3 Å². The van der Waals surface area contributed by atoms with Gasteiger partial charge in [-0.15, -0.1) is 11.3 Å². The molecule has 2 aromatic rings. The summed E-state index contributed by atoms with van der Waals surface area (Å²) < 4.78 is 13.3. The number of halogens is 1.